The lowest BCUT2D eigenvalue weighted by Gasteiger charge is -2.17. The number of hydrogen-bond donors (Lipinski definition) is 1. The molecule has 0 heterocycles. The minimum Gasteiger partial charge on any atom is -0.317 e. The molecule has 96 valence electrons. The normalized spacial score (nSPS) is 15.5. The molecule has 1 aromatic carbocycles. The first-order chi connectivity index (χ1) is 7.87. The van der Waals surface area contributed by atoms with E-state index in [1.54, 1.807) is 19.1 Å². The van der Waals surface area contributed by atoms with Gasteiger partial charge in [-0.1, -0.05) is 17.7 Å². The highest BCUT2D eigenvalue weighted by molar-refractivity contribution is 7.92. The van der Waals surface area contributed by atoms with Crippen LogP contribution in [0.15, 0.2) is 29.2 Å². The quantitative estimate of drug-likeness (QED) is 0.877. The van der Waals surface area contributed by atoms with E-state index in [9.17, 15) is 8.42 Å². The zero-order valence-corrected chi connectivity index (χ0v) is 11.7. The summed E-state index contributed by atoms with van der Waals surface area (Å²) in [4.78, 5) is 0.416. The molecule has 0 fully saturated rings. The summed E-state index contributed by atoms with van der Waals surface area (Å²) >= 11 is 0. The van der Waals surface area contributed by atoms with Crippen LogP contribution in [0.5, 0.6) is 0 Å². The van der Waals surface area contributed by atoms with Crippen LogP contribution in [-0.4, -0.2) is 26.8 Å². The first-order valence-corrected chi connectivity index (χ1v) is 7.40. The predicted octanol–water partition coefficient (Wildman–Crippen LogP) is 2.16. The molecule has 0 saturated heterocycles. The Labute approximate surface area is 104 Å². The third kappa shape index (κ3) is 3.54. The number of aryl methyl sites for hydroxylation is 1. The topological polar surface area (TPSA) is 46.2 Å². The lowest BCUT2D eigenvalue weighted by atomic mass is 10.2. The van der Waals surface area contributed by atoms with Gasteiger partial charge in [-0.2, -0.15) is 0 Å². The summed E-state index contributed by atoms with van der Waals surface area (Å²) in [5.41, 5.74) is 1.07. The van der Waals surface area contributed by atoms with Crippen molar-refractivity contribution in [2.75, 3.05) is 7.05 Å². The lowest BCUT2D eigenvalue weighted by Crippen LogP contribution is -2.29. The van der Waals surface area contributed by atoms with E-state index in [1.165, 1.54) is 0 Å². The Kier molecular flexibility index (Phi) is 4.71. The van der Waals surface area contributed by atoms with Crippen molar-refractivity contribution in [3.63, 3.8) is 0 Å². The van der Waals surface area contributed by atoms with Gasteiger partial charge in [-0.15, -0.1) is 0 Å². The van der Waals surface area contributed by atoms with Gasteiger partial charge in [-0.05, 0) is 46.4 Å². The van der Waals surface area contributed by atoms with Crippen LogP contribution in [0.3, 0.4) is 0 Å². The van der Waals surface area contributed by atoms with Gasteiger partial charge in [0.2, 0.25) is 0 Å². The van der Waals surface area contributed by atoms with E-state index in [2.05, 4.69) is 5.32 Å². The van der Waals surface area contributed by atoms with Crippen molar-refractivity contribution in [2.24, 2.45) is 0 Å². The maximum atomic E-state index is 12.3. The fourth-order valence-corrected chi connectivity index (χ4v) is 3.22. The van der Waals surface area contributed by atoms with Crippen LogP contribution in [0.2, 0.25) is 0 Å². The number of sulfone groups is 1. The van der Waals surface area contributed by atoms with Crippen LogP contribution in [0.25, 0.3) is 0 Å². The fourth-order valence-electron chi connectivity index (χ4n) is 1.70. The van der Waals surface area contributed by atoms with E-state index < -0.39 is 9.84 Å². The fraction of sp³-hybridized carbons (Fsp3) is 0.538. The monoisotopic (exact) mass is 255 g/mol. The zero-order chi connectivity index (χ0) is 13.1. The maximum absolute atomic E-state index is 12.3. The van der Waals surface area contributed by atoms with E-state index in [1.807, 2.05) is 33.0 Å². The molecule has 0 saturated carbocycles. The molecule has 1 rings (SSSR count). The third-order valence-corrected chi connectivity index (χ3v) is 5.24. The summed E-state index contributed by atoms with van der Waals surface area (Å²) in [5.74, 6) is 0. The minimum atomic E-state index is -3.20. The van der Waals surface area contributed by atoms with Crippen molar-refractivity contribution in [2.45, 2.75) is 43.4 Å². The molecule has 0 aliphatic heterocycles. The van der Waals surface area contributed by atoms with Crippen molar-refractivity contribution >= 4 is 9.84 Å². The second-order valence-corrected chi connectivity index (χ2v) is 6.96. The van der Waals surface area contributed by atoms with E-state index in [0.29, 0.717) is 11.3 Å². The molecule has 0 amide bonds. The van der Waals surface area contributed by atoms with Crippen LogP contribution < -0.4 is 5.32 Å². The van der Waals surface area contributed by atoms with Crippen LogP contribution in [-0.2, 0) is 9.84 Å². The lowest BCUT2D eigenvalue weighted by molar-refractivity contribution is 0.530. The molecule has 2 unspecified atom stereocenters. The van der Waals surface area contributed by atoms with Gasteiger partial charge in [-0.3, -0.25) is 0 Å². The van der Waals surface area contributed by atoms with Crippen LogP contribution in [0.1, 0.15) is 25.8 Å². The van der Waals surface area contributed by atoms with Crippen LogP contribution in [0.4, 0.5) is 0 Å². The average Bonchev–Trinajstić information content (AvgIpc) is 2.29. The maximum Gasteiger partial charge on any atom is 0.181 e. The molecule has 0 aliphatic carbocycles. The Balaban J connectivity index is 2.91. The molecule has 17 heavy (non-hydrogen) atoms. The van der Waals surface area contributed by atoms with Crippen molar-refractivity contribution < 1.29 is 8.42 Å². The standard InChI is InChI=1S/C13H21NO2S/c1-10-5-7-13(8-6-10)17(15,16)12(3)9-11(2)14-4/h5-8,11-12,14H,9H2,1-4H3. The Morgan fingerprint density at radius 2 is 1.71 bits per heavy atom. The number of benzene rings is 1. The van der Waals surface area contributed by atoms with Crippen molar-refractivity contribution in [1.29, 1.82) is 0 Å². The summed E-state index contributed by atoms with van der Waals surface area (Å²) in [6, 6.07) is 7.24. The van der Waals surface area contributed by atoms with E-state index in [0.717, 1.165) is 5.56 Å². The van der Waals surface area contributed by atoms with Gasteiger partial charge in [0.25, 0.3) is 0 Å². The van der Waals surface area contributed by atoms with E-state index >= 15 is 0 Å². The van der Waals surface area contributed by atoms with Gasteiger partial charge in [-0.25, -0.2) is 8.42 Å². The summed E-state index contributed by atoms with van der Waals surface area (Å²) in [6.07, 6.45) is 0.618. The second kappa shape index (κ2) is 5.65. The molecular formula is C13H21NO2S. The average molecular weight is 255 g/mol. The smallest absolute Gasteiger partial charge is 0.181 e. The number of rotatable bonds is 5. The van der Waals surface area contributed by atoms with Gasteiger partial charge in [0.05, 0.1) is 10.1 Å². The Morgan fingerprint density at radius 1 is 1.18 bits per heavy atom. The van der Waals surface area contributed by atoms with Gasteiger partial charge < -0.3 is 5.32 Å². The Morgan fingerprint density at radius 3 is 2.18 bits per heavy atom. The highest BCUT2D eigenvalue weighted by atomic mass is 32.2. The molecular weight excluding hydrogens is 234 g/mol. The molecule has 4 heteroatoms. The molecule has 1 N–H and O–H groups in total. The molecule has 0 radical (unpaired) electrons. The van der Waals surface area contributed by atoms with Crippen molar-refractivity contribution in [3.8, 4) is 0 Å². The Hall–Kier alpha value is -0.870. The largest absolute Gasteiger partial charge is 0.317 e. The summed E-state index contributed by atoms with van der Waals surface area (Å²) < 4.78 is 24.5. The number of hydrogen-bond acceptors (Lipinski definition) is 3. The third-order valence-electron chi connectivity index (χ3n) is 3.06. The SMILES string of the molecule is CNC(C)CC(C)S(=O)(=O)c1ccc(C)cc1. The number of nitrogens with one attached hydrogen (secondary N) is 1. The molecule has 0 bridgehead atoms. The first-order valence-electron chi connectivity index (χ1n) is 5.85. The van der Waals surface area contributed by atoms with Crippen molar-refractivity contribution in [3.05, 3.63) is 29.8 Å². The van der Waals surface area contributed by atoms with E-state index in [4.69, 9.17) is 0 Å². The summed E-state index contributed by atoms with van der Waals surface area (Å²) in [6.45, 7) is 5.70. The molecule has 0 spiro atoms. The first kappa shape index (κ1) is 14.2. The van der Waals surface area contributed by atoms with Crippen molar-refractivity contribution in [1.82, 2.24) is 5.32 Å². The van der Waals surface area contributed by atoms with Crippen LogP contribution >= 0.6 is 0 Å². The van der Waals surface area contributed by atoms with Gasteiger partial charge in [0.1, 0.15) is 0 Å². The molecule has 1 aromatic rings. The molecule has 3 nitrogen and oxygen atoms in total. The van der Waals surface area contributed by atoms with Crippen LogP contribution in [0, 0.1) is 6.92 Å². The van der Waals surface area contributed by atoms with E-state index in [-0.39, 0.29) is 11.3 Å². The van der Waals surface area contributed by atoms with Gasteiger partial charge in [0.15, 0.2) is 9.84 Å². The second-order valence-electron chi connectivity index (χ2n) is 4.59. The molecule has 0 aromatic heterocycles. The predicted molar refractivity (Wildman–Crippen MR) is 71.0 cm³/mol. The molecule has 0 aliphatic rings. The minimum absolute atomic E-state index is 0.199. The highest BCUT2D eigenvalue weighted by Gasteiger charge is 2.24. The van der Waals surface area contributed by atoms with Gasteiger partial charge in [0, 0.05) is 6.04 Å². The molecule has 2 atom stereocenters. The summed E-state index contributed by atoms with van der Waals surface area (Å²) in [7, 11) is -1.36. The van der Waals surface area contributed by atoms with Gasteiger partial charge >= 0.3 is 0 Å². The Bertz CT molecular complexity index is 451. The zero-order valence-electron chi connectivity index (χ0n) is 10.9. The highest BCUT2D eigenvalue weighted by Crippen LogP contribution is 2.19. The summed E-state index contributed by atoms with van der Waals surface area (Å²) in [5, 5.41) is 2.70.